The summed E-state index contributed by atoms with van der Waals surface area (Å²) in [5, 5.41) is 28.7. The van der Waals surface area contributed by atoms with Gasteiger partial charge in [0.1, 0.15) is 5.75 Å². The predicted octanol–water partition coefficient (Wildman–Crippen LogP) is 3.03. The highest BCUT2D eigenvalue weighted by Gasteiger charge is 2.10. The first-order chi connectivity index (χ1) is 8.11. The number of aromatic hydroxyl groups is 3. The van der Waals surface area contributed by atoms with Crippen LogP contribution in [0.5, 0.6) is 17.2 Å². The largest absolute Gasteiger partial charge is 0.508 e. The number of rotatable bonds is 2. The molecular formula is C14H14O3. The molecule has 0 radical (unpaired) electrons. The van der Waals surface area contributed by atoms with Crippen LogP contribution in [-0.2, 0) is 6.42 Å². The van der Waals surface area contributed by atoms with Crippen molar-refractivity contribution >= 4 is 0 Å². The maximum absolute atomic E-state index is 9.83. The van der Waals surface area contributed by atoms with Crippen LogP contribution in [0, 0.1) is 0 Å². The van der Waals surface area contributed by atoms with Crippen LogP contribution in [0.1, 0.15) is 12.5 Å². The number of hydrogen-bond acceptors (Lipinski definition) is 3. The summed E-state index contributed by atoms with van der Waals surface area (Å²) in [4.78, 5) is 0. The first-order valence-corrected chi connectivity index (χ1v) is 5.46. The average Bonchev–Trinajstić information content (AvgIpc) is 2.34. The second kappa shape index (κ2) is 4.37. The van der Waals surface area contributed by atoms with Gasteiger partial charge in [0.15, 0.2) is 11.5 Å². The summed E-state index contributed by atoms with van der Waals surface area (Å²) >= 11 is 0. The monoisotopic (exact) mass is 230 g/mol. The van der Waals surface area contributed by atoms with Crippen LogP contribution in [0.4, 0.5) is 0 Å². The van der Waals surface area contributed by atoms with Crippen molar-refractivity contribution in [3.05, 3.63) is 42.0 Å². The number of phenols is 3. The Morgan fingerprint density at radius 2 is 1.59 bits per heavy atom. The molecule has 0 amide bonds. The first kappa shape index (κ1) is 11.3. The summed E-state index contributed by atoms with van der Waals surface area (Å²) in [7, 11) is 0. The van der Waals surface area contributed by atoms with E-state index in [9.17, 15) is 15.3 Å². The van der Waals surface area contributed by atoms with E-state index in [1.54, 1.807) is 30.3 Å². The minimum absolute atomic E-state index is 0.118. The second-order valence-corrected chi connectivity index (χ2v) is 3.91. The molecule has 0 saturated heterocycles. The van der Waals surface area contributed by atoms with E-state index in [1.165, 1.54) is 0 Å². The van der Waals surface area contributed by atoms with Crippen LogP contribution in [-0.4, -0.2) is 15.3 Å². The number of benzene rings is 2. The Bertz CT molecular complexity index is 530. The molecule has 3 N–H and O–H groups in total. The van der Waals surface area contributed by atoms with Crippen LogP contribution in [0.15, 0.2) is 36.4 Å². The van der Waals surface area contributed by atoms with Crippen molar-refractivity contribution in [3.63, 3.8) is 0 Å². The van der Waals surface area contributed by atoms with Crippen molar-refractivity contribution in [2.75, 3.05) is 0 Å². The van der Waals surface area contributed by atoms with E-state index in [2.05, 4.69) is 0 Å². The molecule has 0 aliphatic heterocycles. The third-order valence-electron chi connectivity index (χ3n) is 2.74. The zero-order chi connectivity index (χ0) is 12.4. The van der Waals surface area contributed by atoms with E-state index in [0.29, 0.717) is 5.56 Å². The van der Waals surface area contributed by atoms with Gasteiger partial charge in [-0.15, -0.1) is 0 Å². The number of phenolic OH excluding ortho intramolecular Hbond substituents is 3. The molecular weight excluding hydrogens is 216 g/mol. The lowest BCUT2D eigenvalue weighted by molar-refractivity contribution is 0.404. The Morgan fingerprint density at radius 3 is 2.18 bits per heavy atom. The van der Waals surface area contributed by atoms with Gasteiger partial charge in [-0.3, -0.25) is 0 Å². The SMILES string of the molecule is CCc1cc(O)c(O)c(-c2ccc(O)cc2)c1. The fraction of sp³-hybridized carbons (Fsp3) is 0.143. The molecule has 2 aromatic carbocycles. The molecule has 0 atom stereocenters. The van der Waals surface area contributed by atoms with Crippen LogP contribution in [0.2, 0.25) is 0 Å². The lowest BCUT2D eigenvalue weighted by Gasteiger charge is -2.09. The Morgan fingerprint density at radius 1 is 0.941 bits per heavy atom. The molecule has 0 aliphatic carbocycles. The van der Waals surface area contributed by atoms with E-state index in [-0.39, 0.29) is 17.2 Å². The van der Waals surface area contributed by atoms with Crippen molar-refractivity contribution < 1.29 is 15.3 Å². The van der Waals surface area contributed by atoms with Gasteiger partial charge in [-0.25, -0.2) is 0 Å². The minimum Gasteiger partial charge on any atom is -0.508 e. The smallest absolute Gasteiger partial charge is 0.165 e. The molecule has 0 unspecified atom stereocenters. The number of hydrogen-bond donors (Lipinski definition) is 3. The van der Waals surface area contributed by atoms with Gasteiger partial charge in [-0.2, -0.15) is 0 Å². The van der Waals surface area contributed by atoms with Crippen molar-refractivity contribution in [2.24, 2.45) is 0 Å². The summed E-state index contributed by atoms with van der Waals surface area (Å²) in [5.74, 6) is -0.0792. The Hall–Kier alpha value is -2.16. The van der Waals surface area contributed by atoms with Gasteiger partial charge < -0.3 is 15.3 Å². The zero-order valence-corrected chi connectivity index (χ0v) is 9.51. The second-order valence-electron chi connectivity index (χ2n) is 3.91. The van der Waals surface area contributed by atoms with Crippen LogP contribution < -0.4 is 0 Å². The van der Waals surface area contributed by atoms with Crippen LogP contribution >= 0.6 is 0 Å². The number of aryl methyl sites for hydroxylation is 1. The summed E-state index contributed by atoms with van der Waals surface area (Å²) in [6.07, 6.45) is 0.777. The maximum Gasteiger partial charge on any atom is 0.165 e. The average molecular weight is 230 g/mol. The lowest BCUT2D eigenvalue weighted by atomic mass is 10.00. The highest BCUT2D eigenvalue weighted by molar-refractivity contribution is 5.74. The highest BCUT2D eigenvalue weighted by Crippen LogP contribution is 2.38. The highest BCUT2D eigenvalue weighted by atomic mass is 16.3. The van der Waals surface area contributed by atoms with E-state index in [4.69, 9.17) is 0 Å². The molecule has 3 nitrogen and oxygen atoms in total. The van der Waals surface area contributed by atoms with E-state index in [0.717, 1.165) is 17.5 Å². The van der Waals surface area contributed by atoms with Crippen molar-refractivity contribution in [2.45, 2.75) is 13.3 Å². The fourth-order valence-electron chi connectivity index (χ4n) is 1.74. The Labute approximate surface area is 99.6 Å². The van der Waals surface area contributed by atoms with Gasteiger partial charge in [0, 0.05) is 5.56 Å². The molecule has 0 aliphatic rings. The molecule has 0 saturated carbocycles. The summed E-state index contributed by atoms with van der Waals surface area (Å²) in [6.45, 7) is 1.98. The van der Waals surface area contributed by atoms with Gasteiger partial charge in [0.2, 0.25) is 0 Å². The Balaban J connectivity index is 2.57. The van der Waals surface area contributed by atoms with Gasteiger partial charge in [-0.05, 0) is 41.8 Å². The van der Waals surface area contributed by atoms with E-state index >= 15 is 0 Å². The lowest BCUT2D eigenvalue weighted by Crippen LogP contribution is -1.85. The quantitative estimate of drug-likeness (QED) is 0.695. The molecule has 2 rings (SSSR count). The third-order valence-corrected chi connectivity index (χ3v) is 2.74. The molecule has 0 fully saturated rings. The molecule has 0 bridgehead atoms. The molecule has 0 spiro atoms. The molecule has 88 valence electrons. The van der Waals surface area contributed by atoms with Crippen molar-refractivity contribution in [1.82, 2.24) is 0 Å². The maximum atomic E-state index is 9.83. The molecule has 17 heavy (non-hydrogen) atoms. The fourth-order valence-corrected chi connectivity index (χ4v) is 1.74. The Kier molecular flexibility index (Phi) is 2.91. The van der Waals surface area contributed by atoms with Crippen LogP contribution in [0.3, 0.4) is 0 Å². The van der Waals surface area contributed by atoms with Gasteiger partial charge >= 0.3 is 0 Å². The van der Waals surface area contributed by atoms with E-state index < -0.39 is 0 Å². The molecule has 0 heterocycles. The minimum atomic E-state index is -0.132. The molecule has 0 aromatic heterocycles. The van der Waals surface area contributed by atoms with Gasteiger partial charge in [0.25, 0.3) is 0 Å². The first-order valence-electron chi connectivity index (χ1n) is 5.46. The summed E-state index contributed by atoms with van der Waals surface area (Å²) in [6, 6.07) is 9.88. The summed E-state index contributed by atoms with van der Waals surface area (Å²) < 4.78 is 0. The van der Waals surface area contributed by atoms with Gasteiger partial charge in [-0.1, -0.05) is 19.1 Å². The normalized spacial score (nSPS) is 10.4. The standard InChI is InChI=1S/C14H14O3/c1-2-9-7-12(14(17)13(16)8-9)10-3-5-11(15)6-4-10/h3-8,15-17H,2H2,1H3. The van der Waals surface area contributed by atoms with Crippen molar-refractivity contribution in [3.8, 4) is 28.4 Å². The molecule has 3 heteroatoms. The topological polar surface area (TPSA) is 60.7 Å². The predicted molar refractivity (Wildman–Crippen MR) is 66.3 cm³/mol. The van der Waals surface area contributed by atoms with Gasteiger partial charge in [0.05, 0.1) is 0 Å². The van der Waals surface area contributed by atoms with Crippen LogP contribution in [0.25, 0.3) is 11.1 Å². The molecule has 2 aromatic rings. The summed E-state index contributed by atoms with van der Waals surface area (Å²) in [5.41, 5.74) is 2.27. The van der Waals surface area contributed by atoms with Crippen molar-refractivity contribution in [1.29, 1.82) is 0 Å². The van der Waals surface area contributed by atoms with E-state index in [1.807, 2.05) is 13.0 Å². The zero-order valence-electron chi connectivity index (χ0n) is 9.51. The third kappa shape index (κ3) is 2.18.